The van der Waals surface area contributed by atoms with Crippen LogP contribution in [0.15, 0.2) is 94.7 Å². The number of phenols is 1. The second-order valence-corrected chi connectivity index (χ2v) is 11.9. The minimum Gasteiger partial charge on any atom is -0.512 e. The number of rotatable bonds is 8. The molecule has 1 aromatic rings. The van der Waals surface area contributed by atoms with Gasteiger partial charge in [-0.1, -0.05) is 55.4 Å². The lowest BCUT2D eigenvalue weighted by Crippen LogP contribution is -2.29. The average molecular weight is 503 g/mol. The summed E-state index contributed by atoms with van der Waals surface area (Å²) in [7, 11) is 0. The van der Waals surface area contributed by atoms with Gasteiger partial charge < -0.3 is 19.7 Å². The lowest BCUT2D eigenvalue weighted by atomic mass is 9.71. The lowest BCUT2D eigenvalue weighted by Gasteiger charge is -2.37. The third kappa shape index (κ3) is 6.23. The Morgan fingerprint density at radius 3 is 1.49 bits per heavy atom. The molecule has 0 amide bonds. The summed E-state index contributed by atoms with van der Waals surface area (Å²) in [4.78, 5) is 0. The first-order chi connectivity index (χ1) is 17.4. The smallest absolute Gasteiger partial charge is 0.128 e. The number of aromatic hydroxyl groups is 1. The molecule has 1 aromatic carbocycles. The van der Waals surface area contributed by atoms with Gasteiger partial charge in [0.15, 0.2) is 0 Å². The Hall–Kier alpha value is -3.14. The topological polar surface area (TPSA) is 58.9 Å². The predicted octanol–water partition coefficient (Wildman–Crippen LogP) is 8.84. The molecule has 0 radical (unpaired) electrons. The molecule has 0 atom stereocenters. The third-order valence-corrected chi connectivity index (χ3v) is 8.06. The zero-order chi connectivity index (χ0) is 26.8. The van der Waals surface area contributed by atoms with Gasteiger partial charge in [-0.15, -0.1) is 0 Å². The van der Waals surface area contributed by atoms with Crippen molar-refractivity contribution in [3.05, 3.63) is 100 Å². The first-order valence-electron chi connectivity index (χ1n) is 13.4. The van der Waals surface area contributed by atoms with Crippen LogP contribution in [0.1, 0.15) is 85.6 Å². The highest BCUT2D eigenvalue weighted by Gasteiger charge is 2.33. The van der Waals surface area contributed by atoms with Gasteiger partial charge in [0.1, 0.15) is 17.0 Å². The van der Waals surface area contributed by atoms with E-state index in [0.29, 0.717) is 12.2 Å². The third-order valence-electron chi connectivity index (χ3n) is 8.06. The zero-order valence-electron chi connectivity index (χ0n) is 23.2. The maximum atomic E-state index is 9.68. The van der Waals surface area contributed by atoms with Crippen molar-refractivity contribution in [3.8, 4) is 5.75 Å². The zero-order valence-corrected chi connectivity index (χ0v) is 23.2. The molecule has 3 aliphatic carbocycles. The molecule has 0 heterocycles. The Morgan fingerprint density at radius 2 is 1.03 bits per heavy atom. The predicted molar refractivity (Wildman–Crippen MR) is 150 cm³/mol. The van der Waals surface area contributed by atoms with Crippen molar-refractivity contribution < 1.29 is 19.7 Å². The molecule has 0 saturated heterocycles. The largest absolute Gasteiger partial charge is 0.512 e. The quantitative estimate of drug-likeness (QED) is 0.373. The molecule has 0 aliphatic heterocycles. The summed E-state index contributed by atoms with van der Waals surface area (Å²) < 4.78 is 12.8. The molecule has 4 nitrogen and oxygen atoms in total. The van der Waals surface area contributed by atoms with Crippen LogP contribution in [0.25, 0.3) is 0 Å². The van der Waals surface area contributed by atoms with Crippen LogP contribution in [0, 0.1) is 5.41 Å². The van der Waals surface area contributed by atoms with E-state index in [1.807, 2.05) is 18.2 Å². The molecule has 4 heteroatoms. The molecule has 37 heavy (non-hydrogen) atoms. The summed E-state index contributed by atoms with van der Waals surface area (Å²) in [5.41, 5.74) is 4.22. The second kappa shape index (κ2) is 10.3. The van der Waals surface area contributed by atoms with Crippen LogP contribution in [0.5, 0.6) is 5.75 Å². The average Bonchev–Trinajstić information content (AvgIpc) is 2.85. The van der Waals surface area contributed by atoms with E-state index in [9.17, 15) is 10.2 Å². The fraction of sp³-hybridized carbons (Fsp3) is 0.455. The van der Waals surface area contributed by atoms with Crippen molar-refractivity contribution in [3.63, 3.8) is 0 Å². The van der Waals surface area contributed by atoms with Gasteiger partial charge in [0.25, 0.3) is 0 Å². The Bertz CT molecular complexity index is 1200. The minimum absolute atomic E-state index is 0.0275. The number of aliphatic hydroxyl groups excluding tert-OH is 1. The van der Waals surface area contributed by atoms with E-state index in [1.54, 1.807) is 18.2 Å². The van der Waals surface area contributed by atoms with Gasteiger partial charge in [0, 0.05) is 24.7 Å². The van der Waals surface area contributed by atoms with Crippen LogP contribution in [0.4, 0.5) is 0 Å². The number of allylic oxidation sites excluding steroid dienone is 11. The summed E-state index contributed by atoms with van der Waals surface area (Å²) in [5.74, 6) is 2.72. The first kappa shape index (κ1) is 26.9. The fourth-order valence-corrected chi connectivity index (χ4v) is 5.42. The van der Waals surface area contributed by atoms with Crippen molar-refractivity contribution >= 4 is 0 Å². The Kier molecular flexibility index (Phi) is 7.50. The molecular weight excluding hydrogens is 460 g/mol. The van der Waals surface area contributed by atoms with Crippen molar-refractivity contribution in [2.45, 2.75) is 91.3 Å². The van der Waals surface area contributed by atoms with Crippen molar-refractivity contribution in [2.24, 2.45) is 5.41 Å². The minimum atomic E-state index is -0.467. The molecule has 0 saturated carbocycles. The van der Waals surface area contributed by atoms with Gasteiger partial charge in [-0.25, -0.2) is 0 Å². The summed E-state index contributed by atoms with van der Waals surface area (Å²) in [6.07, 6.45) is 17.8. The summed E-state index contributed by atoms with van der Waals surface area (Å²) >= 11 is 0. The van der Waals surface area contributed by atoms with E-state index in [1.165, 1.54) is 16.7 Å². The van der Waals surface area contributed by atoms with Gasteiger partial charge in [0.2, 0.25) is 0 Å². The van der Waals surface area contributed by atoms with Gasteiger partial charge >= 0.3 is 0 Å². The Labute approximate surface area is 222 Å². The fourth-order valence-electron chi connectivity index (χ4n) is 5.42. The second-order valence-electron chi connectivity index (χ2n) is 11.9. The molecule has 4 rings (SSSR count). The van der Waals surface area contributed by atoms with E-state index in [-0.39, 0.29) is 16.8 Å². The van der Waals surface area contributed by atoms with E-state index in [0.717, 1.165) is 49.2 Å². The van der Waals surface area contributed by atoms with Crippen LogP contribution in [0.3, 0.4) is 0 Å². The molecule has 3 aliphatic rings. The van der Waals surface area contributed by atoms with Crippen molar-refractivity contribution in [1.82, 2.24) is 0 Å². The molecule has 0 bridgehead atoms. The molecule has 0 aromatic heterocycles. The molecule has 0 spiro atoms. The van der Waals surface area contributed by atoms with Gasteiger partial charge in [-0.3, -0.25) is 0 Å². The van der Waals surface area contributed by atoms with Crippen LogP contribution in [-0.4, -0.2) is 15.8 Å². The van der Waals surface area contributed by atoms with Gasteiger partial charge in [-0.2, -0.15) is 0 Å². The highest BCUT2D eigenvalue weighted by atomic mass is 16.5. The van der Waals surface area contributed by atoms with Gasteiger partial charge in [0.05, 0.1) is 17.3 Å². The van der Waals surface area contributed by atoms with Crippen molar-refractivity contribution in [1.29, 1.82) is 0 Å². The molecule has 0 fully saturated rings. The van der Waals surface area contributed by atoms with Crippen LogP contribution in [-0.2, 0) is 15.1 Å². The highest BCUT2D eigenvalue weighted by molar-refractivity contribution is 5.38. The standard InChI is InChI=1S/C33H42O4/c1-31(2,23-11-19-29(20-12-23)36-32(3,4)25-7-15-27(34)16-8-25)24-13-21-30(22-14-24)37-33(5,6)26-9-17-28(35)18-10-26/h7-9,11,13,15-17,19,21,34-35H,10,12,14,18,20,22H2,1-6H3. The maximum Gasteiger partial charge on any atom is 0.128 e. The molecule has 2 N–H and O–H groups in total. The molecule has 0 unspecified atom stereocenters. The summed E-state index contributed by atoms with van der Waals surface area (Å²) in [6, 6.07) is 7.24. The number of ether oxygens (including phenoxy) is 2. The number of phenolic OH excluding ortho intramolecular Hbond substituents is 1. The monoisotopic (exact) mass is 502 g/mol. The first-order valence-corrected chi connectivity index (χ1v) is 13.4. The number of benzene rings is 1. The molecular formula is C33H42O4. The maximum absolute atomic E-state index is 9.68. The normalized spacial score (nSPS) is 19.1. The highest BCUT2D eigenvalue weighted by Crippen LogP contribution is 2.44. The van der Waals surface area contributed by atoms with Crippen LogP contribution < -0.4 is 0 Å². The Morgan fingerprint density at radius 1 is 0.541 bits per heavy atom. The summed E-state index contributed by atoms with van der Waals surface area (Å²) in [5, 5.41) is 19.3. The number of hydrogen-bond acceptors (Lipinski definition) is 4. The van der Waals surface area contributed by atoms with E-state index in [2.05, 4.69) is 65.8 Å². The number of hydrogen-bond donors (Lipinski definition) is 2. The van der Waals surface area contributed by atoms with E-state index in [4.69, 9.17) is 9.47 Å². The number of aliphatic hydroxyl groups is 1. The SMILES string of the molecule is CC(C)(OC1=CC=C(C(C)(C)C2=CC=C(OC(C)(C)c3ccc(O)cc3)CC2)CC1)C1=CC=C(O)CC1. The van der Waals surface area contributed by atoms with Crippen molar-refractivity contribution in [2.75, 3.05) is 0 Å². The molecule has 198 valence electrons. The Balaban J connectivity index is 1.43. The van der Waals surface area contributed by atoms with E-state index < -0.39 is 5.60 Å². The van der Waals surface area contributed by atoms with Gasteiger partial charge in [-0.05, 0) is 88.5 Å². The van der Waals surface area contributed by atoms with Crippen LogP contribution in [0.2, 0.25) is 0 Å². The summed E-state index contributed by atoms with van der Waals surface area (Å²) in [6.45, 7) is 13.0. The van der Waals surface area contributed by atoms with E-state index >= 15 is 0 Å². The van der Waals surface area contributed by atoms with Crippen LogP contribution >= 0.6 is 0 Å². The lowest BCUT2D eigenvalue weighted by molar-refractivity contribution is 0.0260.